The number of ether oxygens (including phenoxy) is 1. The maximum absolute atomic E-state index is 11.0. The lowest BCUT2D eigenvalue weighted by atomic mass is 10.00. The molecule has 5 heteroatoms. The van der Waals surface area contributed by atoms with Crippen molar-refractivity contribution >= 4 is 5.78 Å². The number of Topliss-reactive ketones (excluding diaryl/α,β-unsaturated/α-hetero) is 1. The molecule has 1 aromatic rings. The van der Waals surface area contributed by atoms with Crippen LogP contribution in [0.2, 0.25) is 0 Å². The molecule has 0 N–H and O–H groups in total. The van der Waals surface area contributed by atoms with E-state index in [0.29, 0.717) is 12.6 Å². The molecule has 96 valence electrons. The highest BCUT2D eigenvalue weighted by Crippen LogP contribution is 2.14. The monoisotopic (exact) mass is 239 g/mol. The maximum atomic E-state index is 11.0. The predicted molar refractivity (Wildman–Crippen MR) is 64.6 cm³/mol. The molecule has 5 nitrogen and oxygen atoms in total. The molecule has 1 aromatic heterocycles. The van der Waals surface area contributed by atoms with Gasteiger partial charge in [0.1, 0.15) is 13.1 Å². The summed E-state index contributed by atoms with van der Waals surface area (Å²) in [5, 5.41) is 4.03. The Morgan fingerprint density at radius 1 is 1.47 bits per heavy atom. The van der Waals surface area contributed by atoms with Crippen molar-refractivity contribution in [2.24, 2.45) is 5.92 Å². The second kappa shape index (κ2) is 6.49. The van der Waals surface area contributed by atoms with Crippen LogP contribution in [0.25, 0.3) is 0 Å². The first-order valence-corrected chi connectivity index (χ1v) is 6.10. The van der Waals surface area contributed by atoms with E-state index in [2.05, 4.69) is 30.9 Å². The van der Waals surface area contributed by atoms with Gasteiger partial charge in [-0.1, -0.05) is 27.2 Å². The van der Waals surface area contributed by atoms with E-state index in [1.807, 2.05) is 0 Å². The van der Waals surface area contributed by atoms with Crippen LogP contribution >= 0.6 is 0 Å². The molecule has 1 unspecified atom stereocenters. The van der Waals surface area contributed by atoms with Gasteiger partial charge in [0.15, 0.2) is 5.78 Å². The minimum atomic E-state index is -0.127. The number of carbonyl (C=O) groups excluding carboxylic acids is 1. The Morgan fingerprint density at radius 3 is 2.65 bits per heavy atom. The first-order valence-electron chi connectivity index (χ1n) is 6.10. The number of rotatable bonds is 7. The van der Waals surface area contributed by atoms with Gasteiger partial charge < -0.3 is 4.74 Å². The summed E-state index contributed by atoms with van der Waals surface area (Å²) in [7, 11) is 0. The smallest absolute Gasteiger partial charge is 0.217 e. The predicted octanol–water partition coefficient (Wildman–Crippen LogP) is 2.28. The molecule has 1 heterocycles. The SMILES string of the molecule is CCC(C)[C@@H](CC)OCn1cnc(C(C)=O)n1. The molecule has 0 radical (unpaired) electrons. The molecule has 0 aliphatic carbocycles. The van der Waals surface area contributed by atoms with Gasteiger partial charge in [0.05, 0.1) is 6.10 Å². The van der Waals surface area contributed by atoms with Crippen molar-refractivity contribution in [2.75, 3.05) is 0 Å². The van der Waals surface area contributed by atoms with Crippen LogP contribution in [0.1, 0.15) is 51.2 Å². The Morgan fingerprint density at radius 2 is 2.18 bits per heavy atom. The largest absolute Gasteiger partial charge is 0.356 e. The van der Waals surface area contributed by atoms with E-state index in [1.165, 1.54) is 13.3 Å². The fraction of sp³-hybridized carbons (Fsp3) is 0.750. The number of ketones is 1. The summed E-state index contributed by atoms with van der Waals surface area (Å²) in [5.74, 6) is 0.638. The summed E-state index contributed by atoms with van der Waals surface area (Å²) in [6.07, 6.45) is 3.82. The van der Waals surface area contributed by atoms with Gasteiger partial charge in [0.2, 0.25) is 5.82 Å². The Labute approximate surface area is 102 Å². The number of nitrogens with zero attached hydrogens (tertiary/aromatic N) is 3. The van der Waals surface area contributed by atoms with Crippen LogP contribution < -0.4 is 0 Å². The summed E-state index contributed by atoms with van der Waals surface area (Å²) in [4.78, 5) is 14.9. The second-order valence-electron chi connectivity index (χ2n) is 4.29. The number of aromatic nitrogens is 3. The zero-order chi connectivity index (χ0) is 12.8. The average molecular weight is 239 g/mol. The van der Waals surface area contributed by atoms with Crippen LogP contribution in [-0.4, -0.2) is 26.7 Å². The van der Waals surface area contributed by atoms with Gasteiger partial charge in [0.25, 0.3) is 0 Å². The second-order valence-corrected chi connectivity index (χ2v) is 4.29. The van der Waals surface area contributed by atoms with Gasteiger partial charge in [-0.25, -0.2) is 9.67 Å². The van der Waals surface area contributed by atoms with Gasteiger partial charge in [-0.3, -0.25) is 4.79 Å². The molecule has 0 aromatic carbocycles. The molecule has 0 saturated carbocycles. The lowest BCUT2D eigenvalue weighted by Gasteiger charge is -2.21. The van der Waals surface area contributed by atoms with Crippen LogP contribution in [-0.2, 0) is 11.5 Å². The van der Waals surface area contributed by atoms with Gasteiger partial charge in [-0.05, 0) is 12.3 Å². The third kappa shape index (κ3) is 3.93. The topological polar surface area (TPSA) is 57.0 Å². The molecule has 0 spiro atoms. The molecule has 0 aliphatic rings. The highest BCUT2D eigenvalue weighted by molar-refractivity contribution is 5.89. The highest BCUT2D eigenvalue weighted by Gasteiger charge is 2.14. The van der Waals surface area contributed by atoms with E-state index >= 15 is 0 Å². The first kappa shape index (κ1) is 13.8. The fourth-order valence-corrected chi connectivity index (χ4v) is 1.64. The Hall–Kier alpha value is -1.23. The summed E-state index contributed by atoms with van der Waals surface area (Å²) in [6.45, 7) is 8.24. The standard InChI is InChI=1S/C12H21N3O2/c1-5-9(3)11(6-2)17-8-15-7-13-12(14-15)10(4)16/h7,9,11H,5-6,8H2,1-4H3/t9?,11-/m1/s1. The summed E-state index contributed by atoms with van der Waals surface area (Å²) >= 11 is 0. The van der Waals surface area contributed by atoms with Crippen molar-refractivity contribution in [3.05, 3.63) is 12.2 Å². The highest BCUT2D eigenvalue weighted by atomic mass is 16.5. The van der Waals surface area contributed by atoms with Crippen LogP contribution in [0.5, 0.6) is 0 Å². The number of hydrogen-bond acceptors (Lipinski definition) is 4. The van der Waals surface area contributed by atoms with E-state index in [4.69, 9.17) is 4.74 Å². The molecule has 0 amide bonds. The van der Waals surface area contributed by atoms with Crippen molar-refractivity contribution in [1.29, 1.82) is 0 Å². The number of hydrogen-bond donors (Lipinski definition) is 0. The third-order valence-corrected chi connectivity index (χ3v) is 2.95. The fourth-order valence-electron chi connectivity index (χ4n) is 1.64. The summed E-state index contributed by atoms with van der Waals surface area (Å²) in [5.41, 5.74) is 0. The van der Waals surface area contributed by atoms with E-state index in [1.54, 1.807) is 4.68 Å². The normalized spacial score (nSPS) is 14.6. The average Bonchev–Trinajstić information content (AvgIpc) is 2.78. The van der Waals surface area contributed by atoms with Crippen LogP contribution in [0, 0.1) is 5.92 Å². The molecule has 1 rings (SSSR count). The molecular weight excluding hydrogens is 218 g/mol. The molecule has 0 saturated heterocycles. The van der Waals surface area contributed by atoms with E-state index in [9.17, 15) is 4.79 Å². The van der Waals surface area contributed by atoms with Crippen molar-refractivity contribution < 1.29 is 9.53 Å². The Kier molecular flexibility index (Phi) is 5.28. The molecule has 17 heavy (non-hydrogen) atoms. The van der Waals surface area contributed by atoms with Crippen LogP contribution in [0.3, 0.4) is 0 Å². The van der Waals surface area contributed by atoms with E-state index < -0.39 is 0 Å². The summed E-state index contributed by atoms with van der Waals surface area (Å²) < 4.78 is 7.33. The lowest BCUT2D eigenvalue weighted by Crippen LogP contribution is -2.22. The molecular formula is C12H21N3O2. The van der Waals surface area contributed by atoms with Crippen molar-refractivity contribution in [2.45, 2.75) is 53.4 Å². The third-order valence-electron chi connectivity index (χ3n) is 2.95. The molecule has 0 bridgehead atoms. The first-order chi connectivity index (χ1) is 8.08. The Balaban J connectivity index is 2.50. The van der Waals surface area contributed by atoms with Crippen LogP contribution in [0.15, 0.2) is 6.33 Å². The molecule has 0 fully saturated rings. The van der Waals surface area contributed by atoms with Crippen molar-refractivity contribution in [3.63, 3.8) is 0 Å². The van der Waals surface area contributed by atoms with E-state index in [-0.39, 0.29) is 17.7 Å². The lowest BCUT2D eigenvalue weighted by molar-refractivity contribution is -0.0304. The zero-order valence-corrected chi connectivity index (χ0v) is 11.0. The maximum Gasteiger partial charge on any atom is 0.217 e. The zero-order valence-electron chi connectivity index (χ0n) is 11.0. The van der Waals surface area contributed by atoms with Crippen molar-refractivity contribution in [1.82, 2.24) is 14.8 Å². The van der Waals surface area contributed by atoms with Gasteiger partial charge in [-0.15, -0.1) is 5.10 Å². The van der Waals surface area contributed by atoms with Gasteiger partial charge in [0, 0.05) is 6.92 Å². The Bertz CT molecular complexity index is 362. The summed E-state index contributed by atoms with van der Waals surface area (Å²) in [6, 6.07) is 0. The minimum Gasteiger partial charge on any atom is -0.356 e. The van der Waals surface area contributed by atoms with Crippen molar-refractivity contribution in [3.8, 4) is 0 Å². The van der Waals surface area contributed by atoms with Gasteiger partial charge >= 0.3 is 0 Å². The quantitative estimate of drug-likeness (QED) is 0.685. The van der Waals surface area contributed by atoms with E-state index in [0.717, 1.165) is 12.8 Å². The molecule has 2 atom stereocenters. The molecule has 0 aliphatic heterocycles. The number of carbonyl (C=O) groups is 1. The van der Waals surface area contributed by atoms with Crippen LogP contribution in [0.4, 0.5) is 0 Å². The van der Waals surface area contributed by atoms with Gasteiger partial charge in [-0.2, -0.15) is 0 Å². The minimum absolute atomic E-state index is 0.127.